The van der Waals surface area contributed by atoms with Crippen LogP contribution in [0.4, 0.5) is 0 Å². The summed E-state index contributed by atoms with van der Waals surface area (Å²) in [5, 5.41) is 6.52. The molecule has 0 aliphatic carbocycles. The zero-order valence-corrected chi connectivity index (χ0v) is 19.3. The highest BCUT2D eigenvalue weighted by Crippen LogP contribution is 2.36. The van der Waals surface area contributed by atoms with Gasteiger partial charge in [-0.1, -0.05) is 35.9 Å². The van der Waals surface area contributed by atoms with E-state index in [-0.39, 0.29) is 30.7 Å². The minimum absolute atomic E-state index is 0.216. The summed E-state index contributed by atoms with van der Waals surface area (Å²) in [6, 6.07) is 10.6. The third-order valence-corrected chi connectivity index (χ3v) is 7.69. The van der Waals surface area contributed by atoms with Crippen LogP contribution in [0.1, 0.15) is 49.6 Å². The van der Waals surface area contributed by atoms with Crippen LogP contribution < -0.4 is 10.6 Å². The van der Waals surface area contributed by atoms with Gasteiger partial charge in [-0.15, -0.1) is 11.3 Å². The fourth-order valence-electron chi connectivity index (χ4n) is 4.32. The fourth-order valence-corrected chi connectivity index (χ4v) is 5.85. The van der Waals surface area contributed by atoms with Gasteiger partial charge in [-0.3, -0.25) is 24.5 Å². The Bertz CT molecular complexity index is 1350. The number of benzene rings is 2. The number of imide groups is 1. The van der Waals surface area contributed by atoms with Gasteiger partial charge in [0.25, 0.3) is 11.8 Å². The van der Waals surface area contributed by atoms with Gasteiger partial charge in [0.05, 0.1) is 5.02 Å². The van der Waals surface area contributed by atoms with Gasteiger partial charge >= 0.3 is 0 Å². The van der Waals surface area contributed by atoms with Crippen molar-refractivity contribution in [3.63, 3.8) is 0 Å². The fraction of sp³-hybridized carbons (Fsp3) is 0.250. The molecule has 1 aromatic heterocycles. The number of thiophene rings is 1. The molecule has 33 heavy (non-hydrogen) atoms. The molecule has 4 amide bonds. The SMILES string of the molecule is Cc1ccc2c(Cl)c(C(=O)NCc3ccc4c(c3)CN(C3CCC(=O)NC3=O)C4=O)sc2c1. The molecule has 9 heteroatoms. The molecule has 3 aromatic rings. The summed E-state index contributed by atoms with van der Waals surface area (Å²) in [5.41, 5.74) is 3.28. The van der Waals surface area contributed by atoms with E-state index < -0.39 is 11.9 Å². The van der Waals surface area contributed by atoms with E-state index >= 15 is 0 Å². The Labute approximate surface area is 198 Å². The van der Waals surface area contributed by atoms with E-state index in [0.717, 1.165) is 26.8 Å². The number of rotatable bonds is 4. The van der Waals surface area contributed by atoms with Crippen LogP contribution in [0, 0.1) is 6.92 Å². The lowest BCUT2D eigenvalue weighted by molar-refractivity contribution is -0.136. The molecule has 0 bridgehead atoms. The first kappa shape index (κ1) is 21.6. The minimum Gasteiger partial charge on any atom is -0.347 e. The Morgan fingerprint density at radius 2 is 2.03 bits per heavy atom. The lowest BCUT2D eigenvalue weighted by atomic mass is 10.0. The maximum atomic E-state index is 12.8. The zero-order chi connectivity index (χ0) is 23.3. The van der Waals surface area contributed by atoms with Crippen LogP contribution in [0.25, 0.3) is 10.1 Å². The molecule has 2 aliphatic heterocycles. The van der Waals surface area contributed by atoms with Crippen molar-refractivity contribution in [3.8, 4) is 0 Å². The number of nitrogens with one attached hydrogen (secondary N) is 2. The van der Waals surface area contributed by atoms with E-state index in [1.165, 1.54) is 16.2 Å². The molecule has 1 unspecified atom stereocenters. The predicted octanol–water partition coefficient (Wildman–Crippen LogP) is 3.55. The molecule has 1 atom stereocenters. The number of carbonyl (C=O) groups is 4. The van der Waals surface area contributed by atoms with E-state index in [0.29, 0.717) is 28.4 Å². The summed E-state index contributed by atoms with van der Waals surface area (Å²) in [5.74, 6) is -1.22. The molecule has 5 rings (SSSR count). The number of fused-ring (bicyclic) bond motifs is 2. The van der Waals surface area contributed by atoms with Crippen molar-refractivity contribution in [2.24, 2.45) is 0 Å². The maximum absolute atomic E-state index is 12.8. The van der Waals surface area contributed by atoms with E-state index in [1.54, 1.807) is 12.1 Å². The first-order valence-corrected chi connectivity index (χ1v) is 11.7. The first-order valence-electron chi connectivity index (χ1n) is 10.5. The Morgan fingerprint density at radius 1 is 1.21 bits per heavy atom. The molecule has 7 nitrogen and oxygen atoms in total. The molecule has 1 saturated heterocycles. The van der Waals surface area contributed by atoms with E-state index in [4.69, 9.17) is 11.6 Å². The number of aryl methyl sites for hydroxylation is 1. The van der Waals surface area contributed by atoms with E-state index in [9.17, 15) is 19.2 Å². The van der Waals surface area contributed by atoms with Gasteiger partial charge in [0.1, 0.15) is 10.9 Å². The molecule has 2 aromatic carbocycles. The Hall–Kier alpha value is -3.23. The van der Waals surface area contributed by atoms with Gasteiger partial charge in [0.15, 0.2) is 0 Å². The number of hydrogen-bond donors (Lipinski definition) is 2. The quantitative estimate of drug-likeness (QED) is 0.557. The van der Waals surface area contributed by atoms with Crippen LogP contribution in [0.15, 0.2) is 36.4 Å². The van der Waals surface area contributed by atoms with Gasteiger partial charge in [0.2, 0.25) is 11.8 Å². The highest BCUT2D eigenvalue weighted by Gasteiger charge is 2.39. The van der Waals surface area contributed by atoms with Crippen molar-refractivity contribution in [1.82, 2.24) is 15.5 Å². The van der Waals surface area contributed by atoms with Gasteiger partial charge in [-0.05, 0) is 42.2 Å². The average Bonchev–Trinajstić information content (AvgIpc) is 3.28. The van der Waals surface area contributed by atoms with Crippen molar-refractivity contribution in [1.29, 1.82) is 0 Å². The summed E-state index contributed by atoms with van der Waals surface area (Å²) < 4.78 is 0.967. The number of halogens is 1. The van der Waals surface area contributed by atoms with Crippen LogP contribution in [0.5, 0.6) is 0 Å². The molecular formula is C24H20ClN3O4S. The highest BCUT2D eigenvalue weighted by molar-refractivity contribution is 7.21. The smallest absolute Gasteiger partial charge is 0.263 e. The molecule has 0 saturated carbocycles. The summed E-state index contributed by atoms with van der Waals surface area (Å²) >= 11 is 7.80. The normalized spacial score (nSPS) is 17.9. The van der Waals surface area contributed by atoms with Crippen molar-refractivity contribution in [2.45, 2.75) is 38.9 Å². The Kier molecular flexibility index (Phi) is 5.42. The molecule has 0 spiro atoms. The first-order chi connectivity index (χ1) is 15.8. The second-order valence-electron chi connectivity index (χ2n) is 8.32. The van der Waals surface area contributed by atoms with Gasteiger partial charge in [0, 0.05) is 35.2 Å². The molecule has 2 N–H and O–H groups in total. The zero-order valence-electron chi connectivity index (χ0n) is 17.7. The maximum Gasteiger partial charge on any atom is 0.263 e. The molecule has 0 radical (unpaired) electrons. The Morgan fingerprint density at radius 3 is 2.82 bits per heavy atom. The molecule has 3 heterocycles. The lowest BCUT2D eigenvalue weighted by Gasteiger charge is -2.29. The number of amides is 4. The summed E-state index contributed by atoms with van der Waals surface area (Å²) in [6.45, 7) is 2.57. The standard InChI is InChI=1S/C24H20ClN3O4S/c1-12-2-4-16-18(8-12)33-21(20(16)25)23(31)26-10-13-3-5-15-14(9-13)11-28(24(15)32)17-6-7-19(29)27-22(17)30/h2-5,8-9,17H,6-7,10-11H2,1H3,(H,26,31)(H,27,29,30). The van der Waals surface area contributed by atoms with Crippen LogP contribution in [0.3, 0.4) is 0 Å². The van der Waals surface area contributed by atoms with Crippen molar-refractivity contribution < 1.29 is 19.2 Å². The number of hydrogen-bond acceptors (Lipinski definition) is 5. The second-order valence-corrected chi connectivity index (χ2v) is 9.75. The van der Waals surface area contributed by atoms with E-state index in [1.807, 2.05) is 31.2 Å². The topological polar surface area (TPSA) is 95.6 Å². The van der Waals surface area contributed by atoms with Crippen molar-refractivity contribution in [3.05, 3.63) is 68.6 Å². The Balaban J connectivity index is 1.29. The van der Waals surface area contributed by atoms with Gasteiger partial charge < -0.3 is 10.2 Å². The minimum atomic E-state index is -0.649. The molecule has 1 fully saturated rings. The van der Waals surface area contributed by atoms with Crippen molar-refractivity contribution in [2.75, 3.05) is 0 Å². The van der Waals surface area contributed by atoms with E-state index in [2.05, 4.69) is 10.6 Å². The molecule has 2 aliphatic rings. The third-order valence-electron chi connectivity index (χ3n) is 6.03. The molecule has 168 valence electrons. The number of nitrogens with zero attached hydrogens (tertiary/aromatic N) is 1. The second kappa shape index (κ2) is 8.28. The predicted molar refractivity (Wildman–Crippen MR) is 125 cm³/mol. The average molecular weight is 482 g/mol. The van der Waals surface area contributed by atoms with Crippen LogP contribution in [0.2, 0.25) is 5.02 Å². The van der Waals surface area contributed by atoms with Crippen LogP contribution in [-0.2, 0) is 22.7 Å². The third kappa shape index (κ3) is 3.89. The van der Waals surface area contributed by atoms with Crippen molar-refractivity contribution >= 4 is 56.7 Å². The van der Waals surface area contributed by atoms with Crippen LogP contribution in [-0.4, -0.2) is 34.6 Å². The summed E-state index contributed by atoms with van der Waals surface area (Å²) in [7, 11) is 0. The number of piperidine rings is 1. The highest BCUT2D eigenvalue weighted by atomic mass is 35.5. The monoisotopic (exact) mass is 481 g/mol. The van der Waals surface area contributed by atoms with Gasteiger partial charge in [-0.25, -0.2) is 0 Å². The number of carbonyl (C=O) groups excluding carboxylic acids is 4. The summed E-state index contributed by atoms with van der Waals surface area (Å²) in [6.07, 6.45) is 0.538. The largest absolute Gasteiger partial charge is 0.347 e. The van der Waals surface area contributed by atoms with Gasteiger partial charge in [-0.2, -0.15) is 0 Å². The van der Waals surface area contributed by atoms with Crippen LogP contribution >= 0.6 is 22.9 Å². The lowest BCUT2D eigenvalue weighted by Crippen LogP contribution is -2.52. The molecular weight excluding hydrogens is 462 g/mol. The summed E-state index contributed by atoms with van der Waals surface area (Å²) in [4.78, 5) is 51.2.